The molecule has 88 valence electrons. The van der Waals surface area contributed by atoms with Crippen LogP contribution in [0.4, 0.5) is 0 Å². The first-order chi connectivity index (χ1) is 8.27. The summed E-state index contributed by atoms with van der Waals surface area (Å²) in [6.07, 6.45) is 2.19. The van der Waals surface area contributed by atoms with Gasteiger partial charge in [0.1, 0.15) is 0 Å². The third-order valence-corrected chi connectivity index (χ3v) is 7.31. The van der Waals surface area contributed by atoms with Crippen molar-refractivity contribution in [2.45, 2.75) is 6.92 Å². The summed E-state index contributed by atoms with van der Waals surface area (Å²) in [6, 6.07) is 21.7. The van der Waals surface area contributed by atoms with Gasteiger partial charge in [-0.25, -0.2) is 0 Å². The average Bonchev–Trinajstić information content (AvgIpc) is 2.41. The van der Waals surface area contributed by atoms with E-state index in [9.17, 15) is 0 Å². The summed E-state index contributed by atoms with van der Waals surface area (Å²) in [6.45, 7) is 4.51. The Balaban J connectivity index is 2.55. The second-order valence-corrected chi connectivity index (χ2v) is 8.33. The van der Waals surface area contributed by atoms with Crippen LogP contribution in [-0.4, -0.2) is 6.66 Å². The van der Waals surface area contributed by atoms with Gasteiger partial charge >= 0.3 is 104 Å². The topological polar surface area (TPSA) is 0 Å². The standard InChI is InChI=1S/C16H19P/c1-3-14-17(2,15-10-6-4-7-11-15)16-12-8-5-9-13-16/h3-14,17H,1-2H3/b14-3+. The Morgan fingerprint density at radius 3 is 1.53 bits per heavy atom. The maximum atomic E-state index is 2.40. The second-order valence-electron chi connectivity index (χ2n) is 4.43. The molecule has 0 N–H and O–H groups in total. The van der Waals surface area contributed by atoms with Gasteiger partial charge in [-0.2, -0.15) is 0 Å². The van der Waals surface area contributed by atoms with Crippen LogP contribution < -0.4 is 10.6 Å². The zero-order chi connectivity index (χ0) is 12.1. The number of rotatable bonds is 3. The summed E-state index contributed by atoms with van der Waals surface area (Å²) in [7, 11) is -1.68. The molecular weight excluding hydrogens is 223 g/mol. The molecule has 0 aliphatic heterocycles. The van der Waals surface area contributed by atoms with Gasteiger partial charge in [0.15, 0.2) is 0 Å². The van der Waals surface area contributed by atoms with Crippen LogP contribution in [0.25, 0.3) is 0 Å². The SMILES string of the molecule is C/C=C/[PH](C)(c1ccccc1)c1ccccc1. The van der Waals surface area contributed by atoms with E-state index in [4.69, 9.17) is 0 Å². The predicted molar refractivity (Wildman–Crippen MR) is 81.2 cm³/mol. The summed E-state index contributed by atoms with van der Waals surface area (Å²) < 4.78 is 0. The van der Waals surface area contributed by atoms with Gasteiger partial charge in [0.25, 0.3) is 0 Å². The fraction of sp³-hybridized carbons (Fsp3) is 0.125. The van der Waals surface area contributed by atoms with E-state index in [-0.39, 0.29) is 0 Å². The number of hydrogen-bond donors (Lipinski definition) is 0. The van der Waals surface area contributed by atoms with Gasteiger partial charge in [0.05, 0.1) is 0 Å². The van der Waals surface area contributed by atoms with Crippen molar-refractivity contribution < 1.29 is 0 Å². The first-order valence-corrected chi connectivity index (χ1v) is 8.60. The van der Waals surface area contributed by atoms with Crippen molar-refractivity contribution in [1.82, 2.24) is 0 Å². The molecule has 0 saturated carbocycles. The summed E-state index contributed by atoms with van der Waals surface area (Å²) >= 11 is 0. The third-order valence-electron chi connectivity index (χ3n) is 3.25. The molecule has 0 unspecified atom stereocenters. The molecule has 0 radical (unpaired) electrons. The van der Waals surface area contributed by atoms with Crippen LogP contribution in [0, 0.1) is 0 Å². The van der Waals surface area contributed by atoms with E-state index < -0.39 is 7.26 Å². The van der Waals surface area contributed by atoms with Gasteiger partial charge in [0, 0.05) is 0 Å². The van der Waals surface area contributed by atoms with Gasteiger partial charge < -0.3 is 0 Å². The van der Waals surface area contributed by atoms with Crippen molar-refractivity contribution in [2.24, 2.45) is 0 Å². The van der Waals surface area contributed by atoms with E-state index in [1.807, 2.05) is 0 Å². The molecule has 0 heterocycles. The Morgan fingerprint density at radius 2 is 1.18 bits per heavy atom. The van der Waals surface area contributed by atoms with Gasteiger partial charge in [-0.1, -0.05) is 0 Å². The zero-order valence-electron chi connectivity index (χ0n) is 10.4. The molecule has 0 atom stereocenters. The van der Waals surface area contributed by atoms with Crippen molar-refractivity contribution in [3.8, 4) is 0 Å². The molecule has 2 aromatic carbocycles. The summed E-state index contributed by atoms with van der Waals surface area (Å²) in [4.78, 5) is 0. The van der Waals surface area contributed by atoms with Gasteiger partial charge in [0.2, 0.25) is 0 Å². The van der Waals surface area contributed by atoms with Crippen molar-refractivity contribution in [3.63, 3.8) is 0 Å². The predicted octanol–water partition coefficient (Wildman–Crippen LogP) is 3.55. The average molecular weight is 242 g/mol. The minimum absolute atomic E-state index is 1.46. The van der Waals surface area contributed by atoms with E-state index in [1.165, 1.54) is 10.6 Å². The monoisotopic (exact) mass is 242 g/mol. The Hall–Kier alpha value is -1.39. The molecule has 0 bridgehead atoms. The van der Waals surface area contributed by atoms with E-state index >= 15 is 0 Å². The molecule has 0 spiro atoms. The van der Waals surface area contributed by atoms with E-state index in [2.05, 4.69) is 86.1 Å². The Labute approximate surface area is 104 Å². The molecule has 0 amide bonds. The Kier molecular flexibility index (Phi) is 3.76. The van der Waals surface area contributed by atoms with Crippen LogP contribution in [-0.2, 0) is 0 Å². The third kappa shape index (κ3) is 2.48. The number of hydrogen-bond acceptors (Lipinski definition) is 0. The molecule has 0 saturated heterocycles. The van der Waals surface area contributed by atoms with Crippen LogP contribution in [0.1, 0.15) is 6.92 Å². The van der Waals surface area contributed by atoms with Crippen LogP contribution >= 0.6 is 7.26 Å². The normalized spacial score (nSPS) is 12.8. The molecule has 0 fully saturated rings. The van der Waals surface area contributed by atoms with E-state index in [0.29, 0.717) is 0 Å². The van der Waals surface area contributed by atoms with Gasteiger partial charge in [-0.05, 0) is 0 Å². The Bertz CT molecular complexity index is 446. The van der Waals surface area contributed by atoms with Crippen LogP contribution in [0.2, 0.25) is 0 Å². The minimum atomic E-state index is -1.68. The molecule has 0 aliphatic rings. The van der Waals surface area contributed by atoms with Crippen molar-refractivity contribution in [1.29, 1.82) is 0 Å². The summed E-state index contributed by atoms with van der Waals surface area (Å²) in [5.74, 6) is 2.40. The fourth-order valence-electron chi connectivity index (χ4n) is 2.26. The van der Waals surface area contributed by atoms with Crippen LogP contribution in [0.5, 0.6) is 0 Å². The molecule has 2 aromatic rings. The molecule has 0 aromatic heterocycles. The van der Waals surface area contributed by atoms with Crippen LogP contribution in [0.3, 0.4) is 0 Å². The summed E-state index contributed by atoms with van der Waals surface area (Å²) in [5, 5.41) is 2.92. The molecule has 2 rings (SSSR count). The number of benzene rings is 2. The van der Waals surface area contributed by atoms with E-state index in [1.54, 1.807) is 0 Å². The zero-order valence-corrected chi connectivity index (χ0v) is 11.4. The van der Waals surface area contributed by atoms with Crippen molar-refractivity contribution in [3.05, 3.63) is 72.6 Å². The first-order valence-electron chi connectivity index (χ1n) is 6.02. The number of allylic oxidation sites excluding steroid dienone is 1. The van der Waals surface area contributed by atoms with Crippen LogP contribution in [0.15, 0.2) is 72.6 Å². The summed E-state index contributed by atoms with van der Waals surface area (Å²) in [5.41, 5.74) is 0. The van der Waals surface area contributed by atoms with Gasteiger partial charge in [-0.3, -0.25) is 0 Å². The molecule has 0 aliphatic carbocycles. The quantitative estimate of drug-likeness (QED) is 0.722. The molecule has 17 heavy (non-hydrogen) atoms. The fourth-order valence-corrected chi connectivity index (χ4v) is 5.42. The molecule has 1 heteroatoms. The first kappa shape index (κ1) is 12.1. The maximum absolute atomic E-state index is 2.40. The van der Waals surface area contributed by atoms with Gasteiger partial charge in [-0.15, -0.1) is 0 Å². The van der Waals surface area contributed by atoms with Crippen molar-refractivity contribution in [2.75, 3.05) is 6.66 Å². The van der Waals surface area contributed by atoms with Crippen molar-refractivity contribution >= 4 is 17.9 Å². The second kappa shape index (κ2) is 5.29. The Morgan fingerprint density at radius 1 is 0.765 bits per heavy atom. The van der Waals surface area contributed by atoms with E-state index in [0.717, 1.165) is 0 Å². The molecule has 0 nitrogen and oxygen atoms in total. The molecular formula is C16H19P.